The molecule has 0 spiro atoms. The predicted octanol–water partition coefficient (Wildman–Crippen LogP) is 2.76. The number of aromatic amines is 1. The van der Waals surface area contributed by atoms with Crippen molar-refractivity contribution in [1.82, 2.24) is 19.7 Å². The molecular formula is C10H13BrN4S. The number of hydrogen-bond acceptors (Lipinski definition) is 3. The normalized spacial score (nSPS) is 10.9. The van der Waals surface area contributed by atoms with Gasteiger partial charge in [-0.3, -0.25) is 4.68 Å². The van der Waals surface area contributed by atoms with Gasteiger partial charge < -0.3 is 4.98 Å². The van der Waals surface area contributed by atoms with E-state index < -0.39 is 0 Å². The Labute approximate surface area is 107 Å². The van der Waals surface area contributed by atoms with Gasteiger partial charge in [0.1, 0.15) is 0 Å². The third-order valence-electron chi connectivity index (χ3n) is 2.32. The Morgan fingerprint density at radius 1 is 1.56 bits per heavy atom. The highest BCUT2D eigenvalue weighted by Crippen LogP contribution is 2.27. The van der Waals surface area contributed by atoms with E-state index in [0.717, 1.165) is 27.5 Å². The van der Waals surface area contributed by atoms with Gasteiger partial charge in [0, 0.05) is 25.2 Å². The first-order valence-electron chi connectivity index (χ1n) is 5.04. The molecule has 4 nitrogen and oxygen atoms in total. The van der Waals surface area contributed by atoms with Gasteiger partial charge in [0.05, 0.1) is 15.9 Å². The van der Waals surface area contributed by atoms with Crippen molar-refractivity contribution >= 4 is 27.7 Å². The molecule has 0 saturated heterocycles. The third kappa shape index (κ3) is 2.32. The molecule has 0 aromatic carbocycles. The van der Waals surface area contributed by atoms with E-state index in [1.807, 2.05) is 17.9 Å². The summed E-state index contributed by atoms with van der Waals surface area (Å²) in [5.74, 6) is 0.859. The molecule has 2 aromatic heterocycles. The number of imidazole rings is 1. The van der Waals surface area contributed by atoms with Crippen LogP contribution in [0.1, 0.15) is 18.3 Å². The number of nitrogens with zero attached hydrogens (tertiary/aromatic N) is 3. The van der Waals surface area contributed by atoms with E-state index >= 15 is 0 Å². The smallest absolute Gasteiger partial charge is 0.165 e. The number of H-pyrrole nitrogens is 1. The minimum absolute atomic E-state index is 0.859. The molecule has 0 fully saturated rings. The monoisotopic (exact) mass is 300 g/mol. The van der Waals surface area contributed by atoms with Gasteiger partial charge in [-0.1, -0.05) is 18.7 Å². The fourth-order valence-electron chi connectivity index (χ4n) is 1.44. The van der Waals surface area contributed by atoms with Crippen LogP contribution in [0.15, 0.2) is 22.0 Å². The Kier molecular flexibility index (Phi) is 3.70. The van der Waals surface area contributed by atoms with Crippen LogP contribution in [0.4, 0.5) is 0 Å². The van der Waals surface area contributed by atoms with Crippen molar-refractivity contribution in [2.24, 2.45) is 7.05 Å². The molecular weight excluding hydrogens is 288 g/mol. The molecule has 0 aliphatic heterocycles. The van der Waals surface area contributed by atoms with E-state index in [9.17, 15) is 0 Å². The molecule has 86 valence electrons. The van der Waals surface area contributed by atoms with Crippen LogP contribution in [0.5, 0.6) is 0 Å². The summed E-state index contributed by atoms with van der Waals surface area (Å²) < 4.78 is 3.05. The van der Waals surface area contributed by atoms with Crippen LogP contribution in [-0.4, -0.2) is 19.7 Å². The zero-order valence-electron chi connectivity index (χ0n) is 9.20. The largest absolute Gasteiger partial charge is 0.340 e. The molecule has 2 aromatic rings. The first-order chi connectivity index (χ1) is 7.72. The first-order valence-corrected chi connectivity index (χ1v) is 6.82. The number of halogens is 1. The van der Waals surface area contributed by atoms with Crippen molar-refractivity contribution in [2.75, 3.05) is 0 Å². The predicted molar refractivity (Wildman–Crippen MR) is 68.4 cm³/mol. The minimum Gasteiger partial charge on any atom is -0.340 e. The van der Waals surface area contributed by atoms with Gasteiger partial charge in [-0.15, -0.1) is 0 Å². The lowest BCUT2D eigenvalue weighted by Crippen LogP contribution is -1.97. The second kappa shape index (κ2) is 5.05. The summed E-state index contributed by atoms with van der Waals surface area (Å²) in [7, 11) is 1.97. The maximum absolute atomic E-state index is 4.45. The van der Waals surface area contributed by atoms with Crippen molar-refractivity contribution in [3.8, 4) is 0 Å². The zero-order chi connectivity index (χ0) is 11.5. The van der Waals surface area contributed by atoms with E-state index in [-0.39, 0.29) is 0 Å². The summed E-state index contributed by atoms with van der Waals surface area (Å²) in [4.78, 5) is 7.25. The van der Waals surface area contributed by atoms with E-state index in [1.54, 1.807) is 18.0 Å². The minimum atomic E-state index is 0.859. The number of hydrogen-bond donors (Lipinski definition) is 1. The molecule has 0 bridgehead atoms. The zero-order valence-corrected chi connectivity index (χ0v) is 11.6. The fourth-order valence-corrected chi connectivity index (χ4v) is 3.28. The Morgan fingerprint density at radius 3 is 2.94 bits per heavy atom. The number of rotatable bonds is 4. The average Bonchev–Trinajstić information content (AvgIpc) is 2.86. The number of thioether (sulfide) groups is 1. The topological polar surface area (TPSA) is 46.5 Å². The van der Waals surface area contributed by atoms with Crippen LogP contribution in [0.25, 0.3) is 0 Å². The molecule has 2 rings (SSSR count). The maximum atomic E-state index is 4.45. The molecule has 0 aliphatic carbocycles. The molecule has 2 heterocycles. The van der Waals surface area contributed by atoms with E-state index in [1.165, 1.54) is 5.69 Å². The lowest BCUT2D eigenvalue weighted by atomic mass is 10.3. The molecule has 0 saturated carbocycles. The standard InChI is InChI=1S/C10H13BrN4S/c1-3-7-9(11)8(15(2)14-7)6-16-10-12-4-5-13-10/h4-5H,3,6H2,1-2H3,(H,12,13). The van der Waals surface area contributed by atoms with Crippen LogP contribution in [0.2, 0.25) is 0 Å². The molecule has 6 heteroatoms. The van der Waals surface area contributed by atoms with Gasteiger partial charge >= 0.3 is 0 Å². The number of nitrogens with one attached hydrogen (secondary N) is 1. The summed E-state index contributed by atoms with van der Waals surface area (Å²) in [6.45, 7) is 2.11. The highest BCUT2D eigenvalue weighted by molar-refractivity contribution is 9.10. The summed E-state index contributed by atoms with van der Waals surface area (Å²) >= 11 is 5.27. The van der Waals surface area contributed by atoms with E-state index in [2.05, 4.69) is 37.9 Å². The lowest BCUT2D eigenvalue weighted by molar-refractivity contribution is 0.719. The second-order valence-corrected chi connectivity index (χ2v) is 5.12. The SMILES string of the molecule is CCc1nn(C)c(CSc2ncc[nH]2)c1Br. The number of aromatic nitrogens is 4. The van der Waals surface area contributed by atoms with Crippen molar-refractivity contribution in [3.63, 3.8) is 0 Å². The van der Waals surface area contributed by atoms with Crippen LogP contribution < -0.4 is 0 Å². The molecule has 0 unspecified atom stereocenters. The van der Waals surface area contributed by atoms with Crippen LogP contribution in [-0.2, 0) is 19.2 Å². The Morgan fingerprint density at radius 2 is 2.38 bits per heavy atom. The lowest BCUT2D eigenvalue weighted by Gasteiger charge is -2.00. The van der Waals surface area contributed by atoms with Crippen molar-refractivity contribution in [3.05, 3.63) is 28.3 Å². The average molecular weight is 301 g/mol. The second-order valence-electron chi connectivity index (χ2n) is 3.37. The van der Waals surface area contributed by atoms with E-state index in [0.29, 0.717) is 0 Å². The Balaban J connectivity index is 2.12. The quantitative estimate of drug-likeness (QED) is 0.883. The fraction of sp³-hybridized carbons (Fsp3) is 0.400. The summed E-state index contributed by atoms with van der Waals surface area (Å²) in [6.07, 6.45) is 4.54. The summed E-state index contributed by atoms with van der Waals surface area (Å²) in [6, 6.07) is 0. The van der Waals surface area contributed by atoms with E-state index in [4.69, 9.17) is 0 Å². The summed E-state index contributed by atoms with van der Waals surface area (Å²) in [5, 5.41) is 5.39. The molecule has 0 atom stereocenters. The van der Waals surface area contributed by atoms with Crippen molar-refractivity contribution < 1.29 is 0 Å². The van der Waals surface area contributed by atoms with Gasteiger partial charge in [-0.05, 0) is 22.4 Å². The van der Waals surface area contributed by atoms with Crippen LogP contribution >= 0.6 is 27.7 Å². The molecule has 1 N–H and O–H groups in total. The highest BCUT2D eigenvalue weighted by Gasteiger charge is 2.12. The molecule has 0 radical (unpaired) electrons. The van der Waals surface area contributed by atoms with Gasteiger partial charge in [0.2, 0.25) is 0 Å². The van der Waals surface area contributed by atoms with Crippen molar-refractivity contribution in [2.45, 2.75) is 24.3 Å². The Bertz CT molecular complexity index is 463. The van der Waals surface area contributed by atoms with Crippen LogP contribution in [0.3, 0.4) is 0 Å². The summed E-state index contributed by atoms with van der Waals surface area (Å²) in [5.41, 5.74) is 2.30. The number of aryl methyl sites for hydroxylation is 2. The van der Waals surface area contributed by atoms with Gasteiger partial charge in [0.25, 0.3) is 0 Å². The van der Waals surface area contributed by atoms with Crippen LogP contribution in [0, 0.1) is 0 Å². The Hall–Kier alpha value is -0.750. The molecule has 0 aliphatic rings. The first kappa shape index (κ1) is 11.7. The molecule has 0 amide bonds. The van der Waals surface area contributed by atoms with Gasteiger partial charge in [-0.2, -0.15) is 5.10 Å². The highest BCUT2D eigenvalue weighted by atomic mass is 79.9. The van der Waals surface area contributed by atoms with Gasteiger partial charge in [-0.25, -0.2) is 4.98 Å². The molecule has 16 heavy (non-hydrogen) atoms. The maximum Gasteiger partial charge on any atom is 0.165 e. The third-order valence-corrected chi connectivity index (χ3v) is 4.15. The van der Waals surface area contributed by atoms with Crippen molar-refractivity contribution in [1.29, 1.82) is 0 Å². The van der Waals surface area contributed by atoms with Gasteiger partial charge in [0.15, 0.2) is 5.16 Å².